The number of ether oxygens (including phenoxy) is 2. The van der Waals surface area contributed by atoms with Crippen LogP contribution < -0.4 is 0 Å². The standard InChI is InChI=1S/C14H19NO6/c1-7(2)21-13(14(17)20-5)10-6-8(3)12(16)11(9(10)4)15(18)19/h6-7,13,16H,1-5H3/t13-/m0/s1. The molecule has 7 nitrogen and oxygen atoms in total. The molecular weight excluding hydrogens is 278 g/mol. The van der Waals surface area contributed by atoms with Gasteiger partial charge in [-0.25, -0.2) is 4.79 Å². The quantitative estimate of drug-likeness (QED) is 0.509. The van der Waals surface area contributed by atoms with Crippen molar-refractivity contribution in [2.75, 3.05) is 7.11 Å². The van der Waals surface area contributed by atoms with Crippen LogP contribution in [0.1, 0.15) is 36.6 Å². The minimum atomic E-state index is -1.08. The number of methoxy groups -OCH3 is 1. The smallest absolute Gasteiger partial charge is 0.339 e. The van der Waals surface area contributed by atoms with Crippen molar-refractivity contribution >= 4 is 11.7 Å². The van der Waals surface area contributed by atoms with Crippen molar-refractivity contribution < 1.29 is 24.3 Å². The first kappa shape index (κ1) is 16.9. The number of hydrogen-bond acceptors (Lipinski definition) is 6. The second kappa shape index (κ2) is 6.53. The lowest BCUT2D eigenvalue weighted by Crippen LogP contribution is -2.22. The molecule has 7 heteroatoms. The fraction of sp³-hybridized carbons (Fsp3) is 0.500. The molecule has 0 bridgehead atoms. The normalized spacial score (nSPS) is 12.3. The van der Waals surface area contributed by atoms with Crippen LogP contribution >= 0.6 is 0 Å². The van der Waals surface area contributed by atoms with E-state index in [1.165, 1.54) is 27.0 Å². The van der Waals surface area contributed by atoms with Crippen LogP contribution in [0, 0.1) is 24.0 Å². The van der Waals surface area contributed by atoms with Gasteiger partial charge in [0, 0.05) is 11.1 Å². The number of rotatable bonds is 5. The van der Waals surface area contributed by atoms with Gasteiger partial charge >= 0.3 is 11.7 Å². The Balaban J connectivity index is 3.51. The first-order valence-electron chi connectivity index (χ1n) is 6.41. The Kier molecular flexibility index (Phi) is 5.26. The summed E-state index contributed by atoms with van der Waals surface area (Å²) in [5, 5.41) is 21.0. The summed E-state index contributed by atoms with van der Waals surface area (Å²) in [6.45, 7) is 6.47. The Bertz CT molecular complexity index is 567. The topological polar surface area (TPSA) is 98.9 Å². The van der Waals surface area contributed by atoms with Crippen LogP contribution in [-0.4, -0.2) is 29.2 Å². The Hall–Kier alpha value is -2.15. The molecule has 21 heavy (non-hydrogen) atoms. The maximum atomic E-state index is 11.9. The highest BCUT2D eigenvalue weighted by Crippen LogP contribution is 2.38. The van der Waals surface area contributed by atoms with Crippen molar-refractivity contribution in [2.24, 2.45) is 0 Å². The number of carbonyl (C=O) groups is 1. The van der Waals surface area contributed by atoms with Gasteiger partial charge in [0.2, 0.25) is 0 Å². The molecule has 0 amide bonds. The highest BCUT2D eigenvalue weighted by Gasteiger charge is 2.31. The van der Waals surface area contributed by atoms with E-state index in [0.717, 1.165) is 0 Å². The molecule has 0 saturated carbocycles. The molecule has 0 fully saturated rings. The number of aromatic hydroxyl groups is 1. The second-order valence-electron chi connectivity index (χ2n) is 4.95. The van der Waals surface area contributed by atoms with Crippen LogP contribution in [0.4, 0.5) is 5.69 Å². The van der Waals surface area contributed by atoms with E-state index >= 15 is 0 Å². The molecule has 0 spiro atoms. The van der Waals surface area contributed by atoms with E-state index in [9.17, 15) is 20.0 Å². The number of nitro benzene ring substituents is 1. The predicted octanol–water partition coefficient (Wildman–Crippen LogP) is 2.56. The molecule has 1 aromatic rings. The molecule has 0 aliphatic carbocycles. The predicted molar refractivity (Wildman–Crippen MR) is 75.2 cm³/mol. The summed E-state index contributed by atoms with van der Waals surface area (Å²) in [4.78, 5) is 22.3. The largest absolute Gasteiger partial charge is 0.502 e. The summed E-state index contributed by atoms with van der Waals surface area (Å²) in [7, 11) is 1.22. The third-order valence-corrected chi connectivity index (χ3v) is 3.05. The van der Waals surface area contributed by atoms with Crippen molar-refractivity contribution in [1.82, 2.24) is 0 Å². The van der Waals surface area contributed by atoms with Crippen LogP contribution in [0.25, 0.3) is 0 Å². The highest BCUT2D eigenvalue weighted by molar-refractivity contribution is 5.78. The number of benzene rings is 1. The van der Waals surface area contributed by atoms with Gasteiger partial charge in [0.15, 0.2) is 11.9 Å². The number of esters is 1. The molecule has 1 aromatic carbocycles. The SMILES string of the molecule is COC(=O)[C@@H](OC(C)C)c1cc(C)c(O)c([N+](=O)[O-])c1C. The van der Waals surface area contributed by atoms with Gasteiger partial charge in [-0.05, 0) is 39.3 Å². The Labute approximate surface area is 122 Å². The zero-order chi connectivity index (χ0) is 16.3. The Morgan fingerprint density at radius 2 is 1.95 bits per heavy atom. The monoisotopic (exact) mass is 297 g/mol. The lowest BCUT2D eigenvalue weighted by atomic mass is 9.97. The average molecular weight is 297 g/mol. The minimum absolute atomic E-state index is 0.180. The number of phenols is 1. The maximum absolute atomic E-state index is 11.9. The number of carbonyl (C=O) groups excluding carboxylic acids is 1. The Morgan fingerprint density at radius 1 is 1.38 bits per heavy atom. The van der Waals surface area contributed by atoms with E-state index in [1.54, 1.807) is 13.8 Å². The van der Waals surface area contributed by atoms with Crippen LogP contribution in [0.5, 0.6) is 5.75 Å². The van der Waals surface area contributed by atoms with Crippen molar-refractivity contribution in [2.45, 2.75) is 39.9 Å². The summed E-state index contributed by atoms with van der Waals surface area (Å²) < 4.78 is 10.2. The van der Waals surface area contributed by atoms with Crippen LogP contribution in [0.3, 0.4) is 0 Å². The van der Waals surface area contributed by atoms with Gasteiger partial charge in [0.25, 0.3) is 0 Å². The maximum Gasteiger partial charge on any atom is 0.339 e. The summed E-state index contributed by atoms with van der Waals surface area (Å²) in [5.74, 6) is -1.05. The summed E-state index contributed by atoms with van der Waals surface area (Å²) in [5.41, 5.74) is 0.367. The van der Waals surface area contributed by atoms with Crippen molar-refractivity contribution in [1.29, 1.82) is 0 Å². The van der Waals surface area contributed by atoms with Crippen molar-refractivity contribution in [3.8, 4) is 5.75 Å². The fourth-order valence-corrected chi connectivity index (χ4v) is 2.04. The van der Waals surface area contributed by atoms with Gasteiger partial charge in [-0.15, -0.1) is 0 Å². The van der Waals surface area contributed by atoms with Gasteiger partial charge in [0.1, 0.15) is 0 Å². The Morgan fingerprint density at radius 3 is 2.38 bits per heavy atom. The molecule has 0 unspecified atom stereocenters. The number of aryl methyl sites for hydroxylation is 1. The second-order valence-corrected chi connectivity index (χ2v) is 4.95. The van der Waals surface area contributed by atoms with Crippen LogP contribution in [0.15, 0.2) is 6.07 Å². The van der Waals surface area contributed by atoms with Gasteiger partial charge in [-0.2, -0.15) is 0 Å². The molecule has 0 saturated heterocycles. The number of nitrogens with zero attached hydrogens (tertiary/aromatic N) is 1. The summed E-state index contributed by atoms with van der Waals surface area (Å²) >= 11 is 0. The summed E-state index contributed by atoms with van der Waals surface area (Å²) in [6.07, 6.45) is -1.35. The zero-order valence-electron chi connectivity index (χ0n) is 12.7. The van der Waals surface area contributed by atoms with Crippen LogP contribution in [0.2, 0.25) is 0 Å². The van der Waals surface area contributed by atoms with Crippen LogP contribution in [-0.2, 0) is 14.3 Å². The fourth-order valence-electron chi connectivity index (χ4n) is 2.04. The summed E-state index contributed by atoms with van der Waals surface area (Å²) in [6, 6.07) is 1.50. The molecule has 1 N–H and O–H groups in total. The van der Waals surface area contributed by atoms with E-state index in [4.69, 9.17) is 9.47 Å². The molecule has 116 valence electrons. The van der Waals surface area contributed by atoms with Crippen molar-refractivity contribution in [3.05, 3.63) is 32.9 Å². The van der Waals surface area contributed by atoms with E-state index < -0.39 is 28.4 Å². The van der Waals surface area contributed by atoms with E-state index in [0.29, 0.717) is 11.1 Å². The molecule has 0 aliphatic rings. The third-order valence-electron chi connectivity index (χ3n) is 3.05. The molecule has 0 aromatic heterocycles. The van der Waals surface area contributed by atoms with Gasteiger partial charge in [-0.3, -0.25) is 10.1 Å². The first-order chi connectivity index (χ1) is 9.70. The molecular formula is C14H19NO6. The minimum Gasteiger partial charge on any atom is -0.502 e. The van der Waals surface area contributed by atoms with Gasteiger partial charge in [0.05, 0.1) is 18.1 Å². The molecule has 0 aliphatic heterocycles. The van der Waals surface area contributed by atoms with Gasteiger partial charge in [-0.1, -0.05) is 0 Å². The molecule has 0 radical (unpaired) electrons. The van der Waals surface area contributed by atoms with E-state index in [2.05, 4.69) is 0 Å². The third kappa shape index (κ3) is 3.49. The highest BCUT2D eigenvalue weighted by atomic mass is 16.6. The van der Waals surface area contributed by atoms with Gasteiger partial charge < -0.3 is 14.6 Å². The first-order valence-corrected chi connectivity index (χ1v) is 6.41. The zero-order valence-corrected chi connectivity index (χ0v) is 12.7. The van der Waals surface area contributed by atoms with Crippen molar-refractivity contribution in [3.63, 3.8) is 0 Å². The van der Waals surface area contributed by atoms with E-state index in [1.807, 2.05) is 0 Å². The average Bonchev–Trinajstić information content (AvgIpc) is 2.39. The lowest BCUT2D eigenvalue weighted by molar-refractivity contribution is -0.386. The lowest BCUT2D eigenvalue weighted by Gasteiger charge is -2.21. The number of nitro groups is 1. The number of phenolic OH excluding ortho intramolecular Hbond substituents is 1. The molecule has 1 rings (SSSR count). The van der Waals surface area contributed by atoms with E-state index in [-0.39, 0.29) is 11.7 Å². The number of hydrogen-bond donors (Lipinski definition) is 1. The molecule has 1 atom stereocenters. The molecule has 0 heterocycles.